The van der Waals surface area contributed by atoms with Crippen molar-refractivity contribution >= 4 is 17.4 Å². The molecule has 1 aromatic heterocycles. The van der Waals surface area contributed by atoms with E-state index >= 15 is 0 Å². The highest BCUT2D eigenvalue weighted by molar-refractivity contribution is 6.31. The summed E-state index contributed by atoms with van der Waals surface area (Å²) in [6.07, 6.45) is 4.62. The molecule has 1 aromatic carbocycles. The van der Waals surface area contributed by atoms with Gasteiger partial charge in [-0.15, -0.1) is 0 Å². The molecule has 0 unspecified atom stereocenters. The fourth-order valence-electron chi connectivity index (χ4n) is 2.70. The molecule has 0 amide bonds. The van der Waals surface area contributed by atoms with E-state index in [1.54, 1.807) is 18.6 Å². The topological polar surface area (TPSA) is 52.5 Å². The summed E-state index contributed by atoms with van der Waals surface area (Å²) < 4.78 is 0. The van der Waals surface area contributed by atoms with Gasteiger partial charge in [0.1, 0.15) is 5.82 Å². The van der Waals surface area contributed by atoms with Crippen molar-refractivity contribution in [2.24, 2.45) is 0 Å². The molecule has 0 bridgehead atoms. The van der Waals surface area contributed by atoms with Crippen LogP contribution in [0.25, 0.3) is 0 Å². The van der Waals surface area contributed by atoms with E-state index in [1.165, 1.54) is 0 Å². The van der Waals surface area contributed by atoms with Gasteiger partial charge in [0.25, 0.3) is 0 Å². The number of halogens is 1. The zero-order valence-corrected chi connectivity index (χ0v) is 13.0. The van der Waals surface area contributed by atoms with Crippen molar-refractivity contribution in [1.29, 1.82) is 0 Å². The monoisotopic (exact) mass is 318 g/mol. The number of β-amino-alcohol motifs (C(OH)–C–C–N with tert-alkyl or cyclic N) is 1. The molecule has 2 heterocycles. The number of aliphatic hydroxyl groups excluding tert-OH is 1. The first-order chi connectivity index (χ1) is 10.7. The molecule has 3 rings (SSSR count). The summed E-state index contributed by atoms with van der Waals surface area (Å²) in [7, 11) is 0. The lowest BCUT2D eigenvalue weighted by Gasteiger charge is -2.36. The number of nitrogens with zero attached hydrogens (tertiary/aromatic N) is 4. The fourth-order valence-corrected chi connectivity index (χ4v) is 2.96. The number of piperazine rings is 1. The van der Waals surface area contributed by atoms with E-state index in [-0.39, 0.29) is 0 Å². The van der Waals surface area contributed by atoms with Crippen LogP contribution < -0.4 is 4.90 Å². The molecule has 1 fully saturated rings. The van der Waals surface area contributed by atoms with Gasteiger partial charge in [-0.1, -0.05) is 29.8 Å². The van der Waals surface area contributed by atoms with Crippen molar-refractivity contribution in [3.8, 4) is 0 Å². The van der Waals surface area contributed by atoms with Crippen LogP contribution in [0.15, 0.2) is 42.9 Å². The van der Waals surface area contributed by atoms with Gasteiger partial charge in [0.15, 0.2) is 0 Å². The molecule has 116 valence electrons. The van der Waals surface area contributed by atoms with E-state index in [0.29, 0.717) is 11.6 Å². The van der Waals surface area contributed by atoms with E-state index in [0.717, 1.165) is 37.6 Å². The lowest BCUT2D eigenvalue weighted by atomic mass is 10.1. The largest absolute Gasteiger partial charge is 0.387 e. The van der Waals surface area contributed by atoms with Gasteiger partial charge in [0.05, 0.1) is 12.3 Å². The van der Waals surface area contributed by atoms with Gasteiger partial charge in [-0.3, -0.25) is 9.88 Å². The third-order valence-electron chi connectivity index (χ3n) is 3.94. The molecule has 2 aromatic rings. The first-order valence-electron chi connectivity index (χ1n) is 7.40. The van der Waals surface area contributed by atoms with Gasteiger partial charge in [0, 0.05) is 55.7 Å². The maximum Gasteiger partial charge on any atom is 0.147 e. The molecule has 6 heteroatoms. The molecule has 1 aliphatic rings. The second kappa shape index (κ2) is 7.05. The predicted octanol–water partition coefficient (Wildman–Crippen LogP) is 1.99. The van der Waals surface area contributed by atoms with Crippen molar-refractivity contribution in [1.82, 2.24) is 14.9 Å². The van der Waals surface area contributed by atoms with Gasteiger partial charge in [0.2, 0.25) is 0 Å². The minimum atomic E-state index is -0.559. The highest BCUT2D eigenvalue weighted by Gasteiger charge is 2.21. The second-order valence-corrected chi connectivity index (χ2v) is 5.80. The van der Waals surface area contributed by atoms with Crippen molar-refractivity contribution in [3.05, 3.63) is 53.4 Å². The van der Waals surface area contributed by atoms with Crippen LogP contribution in [0.5, 0.6) is 0 Å². The Morgan fingerprint density at radius 3 is 2.59 bits per heavy atom. The van der Waals surface area contributed by atoms with Crippen molar-refractivity contribution in [2.75, 3.05) is 37.6 Å². The van der Waals surface area contributed by atoms with Crippen molar-refractivity contribution in [3.63, 3.8) is 0 Å². The number of rotatable bonds is 4. The molecule has 1 atom stereocenters. The van der Waals surface area contributed by atoms with Gasteiger partial charge in [-0.25, -0.2) is 4.98 Å². The summed E-state index contributed by atoms with van der Waals surface area (Å²) >= 11 is 6.14. The lowest BCUT2D eigenvalue weighted by molar-refractivity contribution is 0.109. The van der Waals surface area contributed by atoms with Crippen LogP contribution in [0.2, 0.25) is 5.02 Å². The highest BCUT2D eigenvalue weighted by Crippen LogP contribution is 2.23. The lowest BCUT2D eigenvalue weighted by Crippen LogP contribution is -2.47. The molecular formula is C16H19ClN4O. The zero-order valence-electron chi connectivity index (χ0n) is 12.3. The van der Waals surface area contributed by atoms with Crippen molar-refractivity contribution in [2.45, 2.75) is 6.10 Å². The SMILES string of the molecule is O[C@@H](CN1CCN(c2cnccn2)CC1)c1ccccc1Cl. The molecule has 0 saturated carbocycles. The average Bonchev–Trinajstić information content (AvgIpc) is 2.57. The Morgan fingerprint density at radius 2 is 1.91 bits per heavy atom. The zero-order chi connectivity index (χ0) is 15.4. The molecule has 1 N–H and O–H groups in total. The Bertz CT molecular complexity index is 602. The Hall–Kier alpha value is -1.69. The summed E-state index contributed by atoms with van der Waals surface area (Å²) in [4.78, 5) is 12.9. The smallest absolute Gasteiger partial charge is 0.147 e. The number of hydrogen-bond donors (Lipinski definition) is 1. The molecule has 0 radical (unpaired) electrons. The van der Waals surface area contributed by atoms with Crippen LogP contribution in [0.1, 0.15) is 11.7 Å². The first-order valence-corrected chi connectivity index (χ1v) is 7.77. The summed E-state index contributed by atoms with van der Waals surface area (Å²) in [6, 6.07) is 7.46. The minimum absolute atomic E-state index is 0.559. The van der Waals surface area contributed by atoms with Gasteiger partial charge >= 0.3 is 0 Å². The molecule has 22 heavy (non-hydrogen) atoms. The maximum absolute atomic E-state index is 10.4. The predicted molar refractivity (Wildman–Crippen MR) is 87.1 cm³/mol. The Labute approximate surface area is 135 Å². The van der Waals surface area contributed by atoms with Crippen molar-refractivity contribution < 1.29 is 5.11 Å². The molecule has 1 saturated heterocycles. The van der Waals surface area contributed by atoms with E-state index < -0.39 is 6.10 Å². The summed E-state index contributed by atoms with van der Waals surface area (Å²) in [5, 5.41) is 11.0. The average molecular weight is 319 g/mol. The van der Waals surface area contributed by atoms with Crippen LogP contribution in [0.4, 0.5) is 5.82 Å². The van der Waals surface area contributed by atoms with Gasteiger partial charge in [-0.05, 0) is 6.07 Å². The normalized spacial score (nSPS) is 17.5. The van der Waals surface area contributed by atoms with E-state index in [2.05, 4.69) is 19.8 Å². The van der Waals surface area contributed by atoms with E-state index in [1.807, 2.05) is 24.3 Å². The standard InChI is InChI=1S/C16H19ClN4O/c17-14-4-2-1-3-13(14)15(22)12-20-7-9-21(10-8-20)16-11-18-5-6-19-16/h1-6,11,15,22H,7-10,12H2/t15-/m0/s1. The van der Waals surface area contributed by atoms with Crippen LogP contribution in [-0.2, 0) is 0 Å². The molecule has 0 aliphatic carbocycles. The minimum Gasteiger partial charge on any atom is -0.387 e. The van der Waals surface area contributed by atoms with E-state index in [9.17, 15) is 5.11 Å². The summed E-state index contributed by atoms with van der Waals surface area (Å²) in [5.41, 5.74) is 0.792. The third-order valence-corrected chi connectivity index (χ3v) is 4.29. The van der Waals surface area contributed by atoms with Crippen LogP contribution in [-0.4, -0.2) is 52.7 Å². The highest BCUT2D eigenvalue weighted by atomic mass is 35.5. The van der Waals surface area contributed by atoms with Crippen LogP contribution in [0, 0.1) is 0 Å². The Balaban J connectivity index is 1.55. The number of aromatic nitrogens is 2. The van der Waals surface area contributed by atoms with Gasteiger partial charge < -0.3 is 10.0 Å². The van der Waals surface area contributed by atoms with E-state index in [4.69, 9.17) is 11.6 Å². The molecule has 1 aliphatic heterocycles. The molecule has 0 spiro atoms. The summed E-state index contributed by atoms with van der Waals surface area (Å²) in [5.74, 6) is 0.911. The number of anilines is 1. The number of benzene rings is 1. The quantitative estimate of drug-likeness (QED) is 0.934. The number of hydrogen-bond acceptors (Lipinski definition) is 5. The van der Waals surface area contributed by atoms with Crippen LogP contribution in [0.3, 0.4) is 0 Å². The van der Waals surface area contributed by atoms with Gasteiger partial charge in [-0.2, -0.15) is 0 Å². The number of aliphatic hydroxyl groups is 1. The Morgan fingerprint density at radius 1 is 1.14 bits per heavy atom. The maximum atomic E-state index is 10.4. The Kier molecular flexibility index (Phi) is 4.87. The second-order valence-electron chi connectivity index (χ2n) is 5.39. The van der Waals surface area contributed by atoms with Crippen LogP contribution >= 0.6 is 11.6 Å². The molecular weight excluding hydrogens is 300 g/mol. The fraction of sp³-hybridized carbons (Fsp3) is 0.375. The molecule has 5 nitrogen and oxygen atoms in total. The first kappa shape index (κ1) is 15.2. The summed E-state index contributed by atoms with van der Waals surface area (Å²) in [6.45, 7) is 4.14. The third kappa shape index (κ3) is 3.55.